The molecule has 2 aliphatic heterocycles. The first-order valence-electron chi connectivity index (χ1n) is 12.7. The van der Waals surface area contributed by atoms with Crippen LogP contribution in [0.5, 0.6) is 11.5 Å². The van der Waals surface area contributed by atoms with Gasteiger partial charge in [-0.25, -0.2) is 8.42 Å². The molecule has 196 valence electrons. The summed E-state index contributed by atoms with van der Waals surface area (Å²) < 4.78 is 42.5. The van der Waals surface area contributed by atoms with E-state index in [1.54, 1.807) is 36.4 Å². The minimum Gasteiger partial charge on any atom is -0.490 e. The molecular weight excluding hydrogens is 494 g/mol. The van der Waals surface area contributed by atoms with E-state index in [1.807, 2.05) is 13.0 Å². The van der Waals surface area contributed by atoms with E-state index in [1.165, 1.54) is 4.90 Å². The number of carbonyl (C=O) groups excluding carboxylic acids is 1. The van der Waals surface area contributed by atoms with E-state index in [0.717, 1.165) is 6.42 Å². The van der Waals surface area contributed by atoms with Gasteiger partial charge in [0.1, 0.15) is 5.58 Å². The van der Waals surface area contributed by atoms with E-state index >= 15 is 0 Å². The zero-order valence-electron chi connectivity index (χ0n) is 21.2. The number of para-hydroxylation sites is 1. The van der Waals surface area contributed by atoms with E-state index in [4.69, 9.17) is 13.9 Å². The highest BCUT2D eigenvalue weighted by Crippen LogP contribution is 2.43. The molecule has 2 aromatic carbocycles. The van der Waals surface area contributed by atoms with Gasteiger partial charge in [-0.15, -0.1) is 0 Å². The highest BCUT2D eigenvalue weighted by atomic mass is 32.2. The molecule has 1 fully saturated rings. The van der Waals surface area contributed by atoms with Crippen LogP contribution in [0.1, 0.15) is 61.3 Å². The lowest BCUT2D eigenvalue weighted by Crippen LogP contribution is -2.40. The Morgan fingerprint density at radius 2 is 1.86 bits per heavy atom. The molecule has 3 heterocycles. The summed E-state index contributed by atoms with van der Waals surface area (Å²) in [6, 6.07) is 10.8. The molecule has 1 aromatic heterocycles. The van der Waals surface area contributed by atoms with Gasteiger partial charge < -0.3 is 18.8 Å². The Balaban J connectivity index is 1.64. The van der Waals surface area contributed by atoms with Gasteiger partial charge in [0.25, 0.3) is 5.91 Å². The lowest BCUT2D eigenvalue weighted by molar-refractivity contribution is 0.0662. The van der Waals surface area contributed by atoms with Crippen molar-refractivity contribution < 1.29 is 27.1 Å². The number of amides is 1. The molecule has 1 saturated heterocycles. The van der Waals surface area contributed by atoms with Crippen molar-refractivity contribution in [2.45, 2.75) is 45.7 Å². The third kappa shape index (κ3) is 4.72. The summed E-state index contributed by atoms with van der Waals surface area (Å²) >= 11 is 0. The van der Waals surface area contributed by atoms with Crippen LogP contribution < -0.4 is 14.9 Å². The maximum Gasteiger partial charge on any atom is 0.291 e. The minimum absolute atomic E-state index is 0.000682. The van der Waals surface area contributed by atoms with Crippen molar-refractivity contribution in [3.05, 3.63) is 69.6 Å². The van der Waals surface area contributed by atoms with Gasteiger partial charge >= 0.3 is 0 Å². The molecule has 5 rings (SSSR count). The van der Waals surface area contributed by atoms with Crippen molar-refractivity contribution in [1.29, 1.82) is 0 Å². The predicted molar refractivity (Wildman–Crippen MR) is 140 cm³/mol. The molecule has 2 aliphatic rings. The fourth-order valence-corrected chi connectivity index (χ4v) is 6.83. The van der Waals surface area contributed by atoms with E-state index in [9.17, 15) is 18.0 Å². The number of fused-ring (bicyclic) bond motifs is 2. The number of benzene rings is 2. The van der Waals surface area contributed by atoms with Gasteiger partial charge in [-0.1, -0.05) is 32.0 Å². The zero-order chi connectivity index (χ0) is 26.3. The van der Waals surface area contributed by atoms with Crippen LogP contribution in [0.3, 0.4) is 0 Å². The predicted octanol–water partition coefficient (Wildman–Crippen LogP) is 4.35. The molecule has 1 amide bonds. The molecule has 8 nitrogen and oxygen atoms in total. The highest BCUT2D eigenvalue weighted by Gasteiger charge is 2.48. The number of carbonyl (C=O) groups is 1. The first-order chi connectivity index (χ1) is 17.7. The van der Waals surface area contributed by atoms with Gasteiger partial charge in [0.15, 0.2) is 26.8 Å². The molecule has 0 spiro atoms. The fourth-order valence-electron chi connectivity index (χ4n) is 5.12. The van der Waals surface area contributed by atoms with Gasteiger partial charge in [0, 0.05) is 6.04 Å². The molecule has 37 heavy (non-hydrogen) atoms. The zero-order valence-corrected chi connectivity index (χ0v) is 22.0. The van der Waals surface area contributed by atoms with Crippen molar-refractivity contribution in [1.82, 2.24) is 4.90 Å². The number of sulfone groups is 1. The summed E-state index contributed by atoms with van der Waals surface area (Å²) in [6.45, 7) is 7.05. The smallest absolute Gasteiger partial charge is 0.291 e. The maximum absolute atomic E-state index is 13.7. The van der Waals surface area contributed by atoms with E-state index in [-0.39, 0.29) is 28.3 Å². The first-order valence-corrected chi connectivity index (χ1v) is 14.5. The minimum atomic E-state index is -3.29. The van der Waals surface area contributed by atoms with Crippen LogP contribution in [0.25, 0.3) is 11.0 Å². The van der Waals surface area contributed by atoms with Crippen molar-refractivity contribution in [2.75, 3.05) is 24.7 Å². The lowest BCUT2D eigenvalue weighted by Gasteiger charge is -2.30. The van der Waals surface area contributed by atoms with Gasteiger partial charge in [0.05, 0.1) is 41.7 Å². The second-order valence-corrected chi connectivity index (χ2v) is 12.2. The average Bonchev–Trinajstić information content (AvgIpc) is 3.36. The van der Waals surface area contributed by atoms with Crippen molar-refractivity contribution in [3.63, 3.8) is 0 Å². The van der Waals surface area contributed by atoms with Crippen molar-refractivity contribution in [2.24, 2.45) is 5.92 Å². The molecule has 0 saturated carbocycles. The van der Waals surface area contributed by atoms with Gasteiger partial charge in [-0.05, 0) is 55.5 Å². The van der Waals surface area contributed by atoms with Crippen molar-refractivity contribution in [3.8, 4) is 11.5 Å². The number of hydrogen-bond acceptors (Lipinski definition) is 7. The second kappa shape index (κ2) is 9.85. The summed E-state index contributed by atoms with van der Waals surface area (Å²) in [7, 11) is -3.29. The molecule has 0 bridgehead atoms. The molecule has 0 N–H and O–H groups in total. The van der Waals surface area contributed by atoms with E-state index < -0.39 is 27.8 Å². The summed E-state index contributed by atoms with van der Waals surface area (Å²) in [4.78, 5) is 28.9. The van der Waals surface area contributed by atoms with Crippen LogP contribution in [0.15, 0.2) is 51.7 Å². The molecule has 0 radical (unpaired) electrons. The standard InChI is InChI=1S/C28H31NO7S/c1-4-34-23-15-18(9-10-22(23)35-13-11-17(2)3)25-24-26(30)20-7-5-6-8-21(20)36-27(24)28(31)29(25)19-12-14-37(32,33)16-19/h5-10,15,17,19,25H,4,11-14,16H2,1-3H3/t19-,25-/m0/s1. The summed E-state index contributed by atoms with van der Waals surface area (Å²) in [5, 5.41) is 0.374. The van der Waals surface area contributed by atoms with Gasteiger partial charge in [-0.3, -0.25) is 9.59 Å². The molecule has 0 unspecified atom stereocenters. The SMILES string of the molecule is CCOc1cc([C@H]2c3c(oc4ccccc4c3=O)C(=O)N2[C@H]2CCS(=O)(=O)C2)ccc1OCCC(C)C. The number of ether oxygens (including phenoxy) is 2. The fraction of sp³-hybridized carbons (Fsp3) is 0.429. The maximum atomic E-state index is 13.7. The normalized spacial score (nSPS) is 20.5. The Kier molecular flexibility index (Phi) is 6.74. The lowest BCUT2D eigenvalue weighted by atomic mass is 9.97. The van der Waals surface area contributed by atoms with Crippen LogP contribution >= 0.6 is 0 Å². The molecular formula is C28H31NO7S. The average molecular weight is 526 g/mol. The quantitative estimate of drug-likeness (QED) is 0.431. The topological polar surface area (TPSA) is 103 Å². The Morgan fingerprint density at radius 1 is 1.08 bits per heavy atom. The first kappa shape index (κ1) is 25.3. The summed E-state index contributed by atoms with van der Waals surface area (Å²) in [6.07, 6.45) is 1.19. The second-order valence-electron chi connectivity index (χ2n) is 10.0. The molecule has 3 aromatic rings. The van der Waals surface area contributed by atoms with E-state index in [0.29, 0.717) is 53.6 Å². The van der Waals surface area contributed by atoms with Crippen LogP contribution in [-0.4, -0.2) is 50.0 Å². The monoisotopic (exact) mass is 525 g/mol. The largest absolute Gasteiger partial charge is 0.490 e. The Hall–Kier alpha value is -3.33. The Labute approximate surface area is 216 Å². The Morgan fingerprint density at radius 3 is 2.57 bits per heavy atom. The van der Waals surface area contributed by atoms with Crippen LogP contribution in [0.4, 0.5) is 0 Å². The summed E-state index contributed by atoms with van der Waals surface area (Å²) in [5.74, 6) is 0.923. The van der Waals surface area contributed by atoms with Gasteiger partial charge in [-0.2, -0.15) is 0 Å². The summed E-state index contributed by atoms with van der Waals surface area (Å²) in [5.41, 5.74) is 0.888. The number of rotatable bonds is 8. The molecule has 2 atom stereocenters. The molecule has 0 aliphatic carbocycles. The van der Waals surface area contributed by atoms with E-state index in [2.05, 4.69) is 13.8 Å². The highest BCUT2D eigenvalue weighted by molar-refractivity contribution is 7.91. The van der Waals surface area contributed by atoms with Crippen molar-refractivity contribution >= 4 is 26.7 Å². The van der Waals surface area contributed by atoms with Gasteiger partial charge in [0.2, 0.25) is 5.76 Å². The Bertz CT molecular complexity index is 1510. The van der Waals surface area contributed by atoms with Crippen LogP contribution in [0, 0.1) is 5.92 Å². The molecule has 9 heteroatoms. The van der Waals surface area contributed by atoms with Crippen LogP contribution in [-0.2, 0) is 9.84 Å². The third-order valence-corrected chi connectivity index (χ3v) is 8.70. The number of hydrogen-bond donors (Lipinski definition) is 0. The number of nitrogens with zero attached hydrogens (tertiary/aromatic N) is 1. The third-order valence-electron chi connectivity index (χ3n) is 6.95. The van der Waals surface area contributed by atoms with Crippen LogP contribution in [0.2, 0.25) is 0 Å².